The minimum absolute atomic E-state index is 0. The molecular weight excluding hydrogens is 1240 g/mol. The molecule has 0 fully saturated rings. The predicted octanol–water partition coefficient (Wildman–Crippen LogP) is 9.93. The Morgan fingerprint density at radius 1 is 0.286 bits per heavy atom. The Morgan fingerprint density at radius 2 is 0.443 bits per heavy atom. The molecule has 70 heavy (non-hydrogen) atoms. The summed E-state index contributed by atoms with van der Waals surface area (Å²) in [6.45, 7) is 3.66. The fourth-order valence-electron chi connectivity index (χ4n) is 7.41. The first kappa shape index (κ1) is 63.4. The van der Waals surface area contributed by atoms with E-state index in [-0.39, 0.29) is 65.1 Å². The maximum absolute atomic E-state index is 11.7. The number of hydrogen-bond acceptors (Lipinski definition) is 12. The molecule has 4 aromatic rings. The summed E-state index contributed by atoms with van der Waals surface area (Å²) >= 11 is 0. The summed E-state index contributed by atoms with van der Waals surface area (Å²) in [5.41, 5.74) is 2.54. The van der Waals surface area contributed by atoms with Crippen molar-refractivity contribution in [2.24, 2.45) is 20.4 Å². The van der Waals surface area contributed by atoms with Crippen LogP contribution in [0.3, 0.4) is 0 Å². The van der Waals surface area contributed by atoms with Gasteiger partial charge in [-0.3, -0.25) is 0 Å². The summed E-state index contributed by atoms with van der Waals surface area (Å²) in [7, 11) is 7.83. The molecular formula is C56H80N8O4Pt2. The van der Waals surface area contributed by atoms with E-state index >= 15 is 0 Å². The largest absolute Gasteiger partial charge is 2.00 e. The van der Waals surface area contributed by atoms with Crippen LogP contribution in [0.15, 0.2) is 117 Å². The number of hydrogen-bond donors (Lipinski definition) is 0. The number of nitrogens with zero attached hydrogens (tertiary/aromatic N) is 8. The third-order valence-electron chi connectivity index (χ3n) is 11.7. The standard InChI is InChI=1S/2C28H42N4O2.2Pt/c2*1-31(29-23-25-17-11-13-19-27(25)33)21-15-9-7-5-3-4-6-8-10-16-22-32(2)30-24-26-18-12-14-20-28(26)34;;/h2*11-14,17-20,23-24,33-34H,3-10,15-16,21-22H2,1-2H3;;/q;;2*+2/p-4/b2*29-23+,30-24+;;. The van der Waals surface area contributed by atoms with Gasteiger partial charge < -0.3 is 40.5 Å². The molecule has 0 heterocycles. The summed E-state index contributed by atoms with van der Waals surface area (Å²) in [5, 5.41) is 71.8. The molecule has 0 amide bonds. The third kappa shape index (κ3) is 30.8. The molecule has 0 aliphatic carbocycles. The van der Waals surface area contributed by atoms with Crippen molar-refractivity contribution in [1.29, 1.82) is 0 Å². The summed E-state index contributed by atoms with van der Waals surface area (Å²) in [6.07, 6.45) is 31.6. The van der Waals surface area contributed by atoms with Crippen molar-refractivity contribution in [1.82, 2.24) is 20.0 Å². The van der Waals surface area contributed by atoms with Crippen LogP contribution in [0.5, 0.6) is 23.0 Å². The van der Waals surface area contributed by atoms with Crippen LogP contribution in [0.4, 0.5) is 0 Å². The normalized spacial score (nSPS) is 11.1. The Labute approximate surface area is 450 Å². The van der Waals surface area contributed by atoms with Gasteiger partial charge in [-0.2, -0.15) is 20.4 Å². The third-order valence-corrected chi connectivity index (χ3v) is 11.7. The SMILES string of the molecule is CN(CCCCCCCCCCCCN(C)/N=C/c1ccccc1[O-])/N=C/c1ccccc1[O-].CN(CCCCCCCCCCCCN(C)/N=C/c1ccccc1[O-])/N=C/c1ccccc1[O-].[Pt+2].[Pt+2]. The van der Waals surface area contributed by atoms with Crippen molar-refractivity contribution >= 4 is 24.9 Å². The first-order valence-corrected chi connectivity index (χ1v) is 25.2. The molecule has 0 aliphatic heterocycles. The Balaban J connectivity index is 0.000000681. The fraction of sp³-hybridized carbons (Fsp3) is 0.500. The molecule has 4 aromatic carbocycles. The van der Waals surface area contributed by atoms with Gasteiger partial charge >= 0.3 is 42.1 Å². The van der Waals surface area contributed by atoms with Gasteiger partial charge in [-0.1, -0.05) is 223 Å². The van der Waals surface area contributed by atoms with Crippen molar-refractivity contribution in [3.05, 3.63) is 119 Å². The molecule has 4 rings (SSSR count). The molecule has 14 heteroatoms. The quantitative estimate of drug-likeness (QED) is 0.0255. The van der Waals surface area contributed by atoms with Crippen LogP contribution in [0.1, 0.15) is 151 Å². The molecule has 12 nitrogen and oxygen atoms in total. The number of benzene rings is 4. The summed E-state index contributed by atoms with van der Waals surface area (Å²) in [6, 6.07) is 27.9. The van der Waals surface area contributed by atoms with E-state index in [0.717, 1.165) is 51.9 Å². The van der Waals surface area contributed by atoms with Gasteiger partial charge in [0.2, 0.25) is 0 Å². The van der Waals surface area contributed by atoms with E-state index in [9.17, 15) is 20.4 Å². The topological polar surface area (TPSA) is 155 Å². The minimum atomic E-state index is 0. The van der Waals surface area contributed by atoms with E-state index < -0.39 is 0 Å². The number of rotatable bonds is 34. The van der Waals surface area contributed by atoms with E-state index in [4.69, 9.17) is 0 Å². The Morgan fingerprint density at radius 3 is 0.614 bits per heavy atom. The van der Waals surface area contributed by atoms with Crippen molar-refractivity contribution in [3.63, 3.8) is 0 Å². The molecule has 0 N–H and O–H groups in total. The van der Waals surface area contributed by atoms with E-state index in [0.29, 0.717) is 22.3 Å². The number of para-hydroxylation sites is 4. The summed E-state index contributed by atoms with van der Waals surface area (Å²) in [4.78, 5) is 0. The molecule has 0 aliphatic rings. The zero-order valence-electron chi connectivity index (χ0n) is 42.4. The van der Waals surface area contributed by atoms with Gasteiger partial charge in [0.25, 0.3) is 0 Å². The van der Waals surface area contributed by atoms with Crippen LogP contribution in [0.25, 0.3) is 0 Å². The minimum Gasteiger partial charge on any atom is -0.872 e. The van der Waals surface area contributed by atoms with E-state index in [1.165, 1.54) is 103 Å². The van der Waals surface area contributed by atoms with Gasteiger partial charge in [-0.05, 0) is 47.9 Å². The average molecular weight is 1320 g/mol. The molecule has 0 bridgehead atoms. The van der Waals surface area contributed by atoms with E-state index in [1.807, 2.05) is 72.5 Å². The smallest absolute Gasteiger partial charge is 0.872 e. The van der Waals surface area contributed by atoms with Gasteiger partial charge in [0.1, 0.15) is 0 Å². The van der Waals surface area contributed by atoms with Gasteiger partial charge in [0.15, 0.2) is 0 Å². The van der Waals surface area contributed by atoms with E-state index in [2.05, 4.69) is 20.4 Å². The zero-order valence-corrected chi connectivity index (χ0v) is 46.9. The zero-order chi connectivity index (χ0) is 48.9. The monoisotopic (exact) mass is 1320 g/mol. The van der Waals surface area contributed by atoms with Gasteiger partial charge in [-0.25, -0.2) is 0 Å². The molecule has 0 spiro atoms. The Bertz CT molecular complexity index is 1750. The van der Waals surface area contributed by atoms with Crippen molar-refractivity contribution in [3.8, 4) is 23.0 Å². The van der Waals surface area contributed by atoms with Crippen LogP contribution in [-0.2, 0) is 42.1 Å². The fourth-order valence-corrected chi connectivity index (χ4v) is 7.41. The molecule has 0 atom stereocenters. The molecule has 0 saturated heterocycles. The van der Waals surface area contributed by atoms with Crippen molar-refractivity contribution < 1.29 is 62.6 Å². The second-order valence-electron chi connectivity index (χ2n) is 17.7. The van der Waals surface area contributed by atoms with E-state index in [1.54, 1.807) is 97.7 Å². The van der Waals surface area contributed by atoms with Crippen LogP contribution in [0, 0.1) is 0 Å². The number of unbranched alkanes of at least 4 members (excludes halogenated alkanes) is 18. The van der Waals surface area contributed by atoms with Crippen LogP contribution < -0.4 is 20.4 Å². The molecule has 0 unspecified atom stereocenters. The second kappa shape index (κ2) is 41.0. The van der Waals surface area contributed by atoms with Gasteiger partial charge in [-0.15, -0.1) is 0 Å². The summed E-state index contributed by atoms with van der Waals surface area (Å²) in [5.74, 6) is 0.0550. The second-order valence-corrected chi connectivity index (χ2v) is 17.7. The first-order chi connectivity index (χ1) is 33.1. The van der Waals surface area contributed by atoms with Crippen molar-refractivity contribution in [2.75, 3.05) is 54.4 Å². The Kier molecular flexibility index (Phi) is 37.1. The van der Waals surface area contributed by atoms with Crippen LogP contribution >= 0.6 is 0 Å². The first-order valence-electron chi connectivity index (χ1n) is 25.2. The van der Waals surface area contributed by atoms with Crippen LogP contribution in [-0.4, -0.2) is 99.3 Å². The molecule has 0 radical (unpaired) electrons. The van der Waals surface area contributed by atoms with Gasteiger partial charge in [0, 0.05) is 54.4 Å². The average Bonchev–Trinajstić information content (AvgIpc) is 3.33. The maximum Gasteiger partial charge on any atom is 2.00 e. The maximum atomic E-state index is 11.7. The molecule has 388 valence electrons. The van der Waals surface area contributed by atoms with Crippen molar-refractivity contribution in [2.45, 2.75) is 128 Å². The molecule has 0 saturated carbocycles. The predicted molar refractivity (Wildman–Crippen MR) is 277 cm³/mol. The molecule has 0 aromatic heterocycles. The van der Waals surface area contributed by atoms with Gasteiger partial charge in [0.05, 0.1) is 24.9 Å². The Hall–Kier alpha value is -4.66. The number of hydrazone groups is 4. The summed E-state index contributed by atoms with van der Waals surface area (Å²) < 4.78 is 0. The van der Waals surface area contributed by atoms with Crippen LogP contribution in [0.2, 0.25) is 0 Å².